The number of thiophene rings is 1. The summed E-state index contributed by atoms with van der Waals surface area (Å²) in [6.45, 7) is 6.23. The quantitative estimate of drug-likeness (QED) is 0.916. The average molecular weight is 294 g/mol. The number of hydrogen-bond acceptors (Lipinski definition) is 4. The second-order valence-corrected chi connectivity index (χ2v) is 6.70. The van der Waals surface area contributed by atoms with Gasteiger partial charge in [-0.25, -0.2) is 4.98 Å². The van der Waals surface area contributed by atoms with E-state index >= 15 is 0 Å². The Morgan fingerprint density at radius 2 is 2.16 bits per heavy atom. The molecule has 0 fully saturated rings. The van der Waals surface area contributed by atoms with Crippen LogP contribution in [0.4, 0.5) is 0 Å². The Balaban J connectivity index is 1.95. The van der Waals surface area contributed by atoms with Crippen molar-refractivity contribution >= 4 is 28.6 Å². The van der Waals surface area contributed by atoms with Crippen LogP contribution in [-0.4, -0.2) is 16.9 Å². The molecular weight excluding hydrogens is 276 g/mol. The second kappa shape index (κ2) is 6.30. The van der Waals surface area contributed by atoms with Crippen molar-refractivity contribution in [2.24, 2.45) is 5.92 Å². The molecule has 0 saturated carbocycles. The van der Waals surface area contributed by atoms with Gasteiger partial charge < -0.3 is 5.32 Å². The number of aromatic nitrogens is 1. The van der Waals surface area contributed by atoms with E-state index in [0.717, 1.165) is 15.6 Å². The highest BCUT2D eigenvalue weighted by Crippen LogP contribution is 2.27. The van der Waals surface area contributed by atoms with Gasteiger partial charge >= 0.3 is 0 Å². The zero-order valence-corrected chi connectivity index (χ0v) is 13.0. The van der Waals surface area contributed by atoms with Gasteiger partial charge in [0.25, 0.3) is 0 Å². The molecule has 1 amide bonds. The highest BCUT2D eigenvalue weighted by Gasteiger charge is 2.13. The molecule has 19 heavy (non-hydrogen) atoms. The van der Waals surface area contributed by atoms with Gasteiger partial charge in [-0.15, -0.1) is 22.7 Å². The molecule has 2 rings (SSSR count). The van der Waals surface area contributed by atoms with E-state index in [9.17, 15) is 4.79 Å². The number of amides is 1. The summed E-state index contributed by atoms with van der Waals surface area (Å²) in [7, 11) is 0. The summed E-state index contributed by atoms with van der Waals surface area (Å²) in [5, 5.41) is 8.00. The van der Waals surface area contributed by atoms with Gasteiger partial charge in [0.2, 0.25) is 5.91 Å². The Kier molecular flexibility index (Phi) is 4.71. The lowest BCUT2D eigenvalue weighted by molar-refractivity contribution is -0.121. The number of hydrogen-bond donors (Lipinski definition) is 1. The van der Waals surface area contributed by atoms with Crippen molar-refractivity contribution in [2.45, 2.75) is 33.2 Å². The first-order valence-electron chi connectivity index (χ1n) is 6.34. The summed E-state index contributed by atoms with van der Waals surface area (Å²) in [4.78, 5) is 17.6. The Hall–Kier alpha value is -1.20. The van der Waals surface area contributed by atoms with Crippen molar-refractivity contribution in [3.63, 3.8) is 0 Å². The first kappa shape index (κ1) is 14.2. The summed E-state index contributed by atoms with van der Waals surface area (Å²) in [5.74, 6) is 0.491. The third-order valence-electron chi connectivity index (χ3n) is 3.01. The fourth-order valence-corrected chi connectivity index (χ4v) is 3.17. The van der Waals surface area contributed by atoms with Crippen LogP contribution in [0, 0.1) is 5.92 Å². The standard InChI is InChI=1S/C14H18N2OS2/c1-9(2)10(3)15-13(17)7-11-8-19-14(16-11)12-5-4-6-18-12/h4-6,8-10H,7H2,1-3H3,(H,15,17). The number of thiazole rings is 1. The smallest absolute Gasteiger partial charge is 0.226 e. The van der Waals surface area contributed by atoms with Gasteiger partial charge in [0.15, 0.2) is 0 Å². The molecule has 2 heterocycles. The van der Waals surface area contributed by atoms with E-state index < -0.39 is 0 Å². The van der Waals surface area contributed by atoms with Crippen LogP contribution in [0.1, 0.15) is 26.5 Å². The van der Waals surface area contributed by atoms with Crippen molar-refractivity contribution in [2.75, 3.05) is 0 Å². The molecule has 3 nitrogen and oxygen atoms in total. The van der Waals surface area contributed by atoms with Gasteiger partial charge in [0, 0.05) is 11.4 Å². The fraction of sp³-hybridized carbons (Fsp3) is 0.429. The Morgan fingerprint density at radius 3 is 2.79 bits per heavy atom. The SMILES string of the molecule is CC(C)C(C)NC(=O)Cc1csc(-c2cccs2)n1. The first-order valence-corrected chi connectivity index (χ1v) is 8.10. The topological polar surface area (TPSA) is 42.0 Å². The molecule has 0 aromatic carbocycles. The summed E-state index contributed by atoms with van der Waals surface area (Å²) in [6.07, 6.45) is 0.360. The Bertz CT molecular complexity index is 531. The normalized spacial score (nSPS) is 12.6. The average Bonchev–Trinajstić information content (AvgIpc) is 2.97. The maximum absolute atomic E-state index is 11.9. The van der Waals surface area contributed by atoms with Crippen molar-refractivity contribution in [1.29, 1.82) is 0 Å². The van der Waals surface area contributed by atoms with Crippen molar-refractivity contribution < 1.29 is 4.79 Å². The van der Waals surface area contributed by atoms with Crippen LogP contribution in [0.5, 0.6) is 0 Å². The summed E-state index contributed by atoms with van der Waals surface area (Å²) in [6, 6.07) is 4.26. The van der Waals surface area contributed by atoms with Crippen LogP contribution in [0.25, 0.3) is 9.88 Å². The van der Waals surface area contributed by atoms with E-state index in [1.165, 1.54) is 0 Å². The second-order valence-electron chi connectivity index (χ2n) is 4.90. The van der Waals surface area contributed by atoms with Crippen LogP contribution in [0.3, 0.4) is 0 Å². The number of nitrogens with zero attached hydrogens (tertiary/aromatic N) is 1. The van der Waals surface area contributed by atoms with Crippen molar-refractivity contribution in [3.05, 3.63) is 28.6 Å². The van der Waals surface area contributed by atoms with Crippen molar-refractivity contribution in [1.82, 2.24) is 10.3 Å². The lowest BCUT2D eigenvalue weighted by Gasteiger charge is -2.16. The predicted molar refractivity (Wildman–Crippen MR) is 81.6 cm³/mol. The zero-order valence-electron chi connectivity index (χ0n) is 11.3. The van der Waals surface area contributed by atoms with Gasteiger partial charge in [-0.05, 0) is 24.3 Å². The number of carbonyl (C=O) groups is 1. The molecule has 5 heteroatoms. The fourth-order valence-electron chi connectivity index (χ4n) is 1.54. The van der Waals surface area contributed by atoms with E-state index in [1.54, 1.807) is 22.7 Å². The van der Waals surface area contributed by atoms with Crippen LogP contribution >= 0.6 is 22.7 Å². The van der Waals surface area contributed by atoms with Gasteiger partial charge in [0.05, 0.1) is 17.0 Å². The summed E-state index contributed by atoms with van der Waals surface area (Å²) >= 11 is 3.26. The molecule has 1 N–H and O–H groups in total. The molecular formula is C14H18N2OS2. The molecule has 2 aromatic rings. The highest BCUT2D eigenvalue weighted by atomic mass is 32.1. The molecule has 0 spiro atoms. The molecule has 0 bridgehead atoms. The van der Waals surface area contributed by atoms with Gasteiger partial charge in [-0.2, -0.15) is 0 Å². The third kappa shape index (κ3) is 3.88. The molecule has 0 saturated heterocycles. The largest absolute Gasteiger partial charge is 0.353 e. The molecule has 2 aromatic heterocycles. The van der Waals surface area contributed by atoms with Gasteiger partial charge in [-0.1, -0.05) is 19.9 Å². The minimum absolute atomic E-state index is 0.0456. The maximum atomic E-state index is 11.9. The van der Waals surface area contributed by atoms with E-state index in [0.29, 0.717) is 12.3 Å². The van der Waals surface area contributed by atoms with Crippen LogP contribution in [0.15, 0.2) is 22.9 Å². The van der Waals surface area contributed by atoms with Crippen LogP contribution in [0.2, 0.25) is 0 Å². The van der Waals surface area contributed by atoms with E-state index in [2.05, 4.69) is 24.1 Å². The molecule has 0 aliphatic carbocycles. The van der Waals surface area contributed by atoms with Gasteiger partial charge in [-0.3, -0.25) is 4.79 Å². The Labute approximate surface area is 121 Å². The number of rotatable bonds is 5. The maximum Gasteiger partial charge on any atom is 0.226 e. The van der Waals surface area contributed by atoms with Crippen LogP contribution in [-0.2, 0) is 11.2 Å². The lowest BCUT2D eigenvalue weighted by atomic mass is 10.1. The van der Waals surface area contributed by atoms with Crippen LogP contribution < -0.4 is 5.32 Å². The lowest BCUT2D eigenvalue weighted by Crippen LogP contribution is -2.37. The molecule has 1 unspecified atom stereocenters. The predicted octanol–water partition coefficient (Wildman–Crippen LogP) is 3.57. The summed E-state index contributed by atoms with van der Waals surface area (Å²) in [5.41, 5.74) is 0.849. The van der Waals surface area contributed by atoms with E-state index in [4.69, 9.17) is 0 Å². The van der Waals surface area contributed by atoms with E-state index in [1.807, 2.05) is 29.8 Å². The number of carbonyl (C=O) groups excluding carboxylic acids is 1. The molecule has 1 atom stereocenters. The monoisotopic (exact) mass is 294 g/mol. The molecule has 102 valence electrons. The summed E-state index contributed by atoms with van der Waals surface area (Å²) < 4.78 is 0. The minimum Gasteiger partial charge on any atom is -0.353 e. The molecule has 0 aliphatic heterocycles. The number of nitrogens with one attached hydrogen (secondary N) is 1. The Morgan fingerprint density at radius 1 is 1.37 bits per heavy atom. The first-order chi connectivity index (χ1) is 9.06. The third-order valence-corrected chi connectivity index (χ3v) is 4.94. The molecule has 0 radical (unpaired) electrons. The molecule has 0 aliphatic rings. The highest BCUT2D eigenvalue weighted by molar-refractivity contribution is 7.20. The zero-order chi connectivity index (χ0) is 13.8. The van der Waals surface area contributed by atoms with E-state index in [-0.39, 0.29) is 11.9 Å². The van der Waals surface area contributed by atoms with Gasteiger partial charge in [0.1, 0.15) is 5.01 Å². The van der Waals surface area contributed by atoms with Crippen molar-refractivity contribution in [3.8, 4) is 9.88 Å². The minimum atomic E-state index is 0.0456.